The highest BCUT2D eigenvalue weighted by atomic mass is 32.2. The van der Waals surface area contributed by atoms with E-state index >= 15 is 0 Å². The lowest BCUT2D eigenvalue weighted by Gasteiger charge is -2.09. The summed E-state index contributed by atoms with van der Waals surface area (Å²) >= 11 is 0. The fraction of sp³-hybridized carbons (Fsp3) is 0.125. The monoisotopic (exact) mass is 334 g/mol. The minimum atomic E-state index is -3.41. The largest absolute Gasteiger partial charge is 0.263 e. The molecule has 3 aromatic rings. The summed E-state index contributed by atoms with van der Waals surface area (Å²) in [6.45, 7) is 1.72. The van der Waals surface area contributed by atoms with Crippen LogP contribution in [0, 0.1) is 18.6 Å². The molecule has 0 atom stereocenters. The number of benzene rings is 1. The van der Waals surface area contributed by atoms with Crippen molar-refractivity contribution in [1.29, 1.82) is 0 Å². The Bertz CT molecular complexity index is 1030. The van der Waals surface area contributed by atoms with Gasteiger partial charge in [-0.1, -0.05) is 0 Å². The molecule has 0 aliphatic heterocycles. The van der Waals surface area contributed by atoms with Crippen molar-refractivity contribution >= 4 is 20.7 Å². The molecule has 2 aromatic heterocycles. The van der Waals surface area contributed by atoms with Gasteiger partial charge in [-0.3, -0.25) is 4.98 Å². The van der Waals surface area contributed by atoms with Crippen LogP contribution in [-0.2, 0) is 9.84 Å². The van der Waals surface area contributed by atoms with E-state index in [4.69, 9.17) is 0 Å². The molecule has 0 aliphatic rings. The molecule has 0 fully saturated rings. The van der Waals surface area contributed by atoms with Crippen molar-refractivity contribution in [2.45, 2.75) is 11.8 Å². The van der Waals surface area contributed by atoms with Crippen LogP contribution in [0.1, 0.15) is 5.56 Å². The summed E-state index contributed by atoms with van der Waals surface area (Å²) in [5.41, 5.74) is 1.70. The third-order valence-electron chi connectivity index (χ3n) is 3.45. The van der Waals surface area contributed by atoms with E-state index in [0.29, 0.717) is 16.8 Å². The predicted molar refractivity (Wildman–Crippen MR) is 82.7 cm³/mol. The Labute approximate surface area is 131 Å². The van der Waals surface area contributed by atoms with Gasteiger partial charge >= 0.3 is 0 Å². The lowest BCUT2D eigenvalue weighted by atomic mass is 10.1. The molecule has 4 nitrogen and oxygen atoms in total. The van der Waals surface area contributed by atoms with Crippen molar-refractivity contribution in [2.75, 3.05) is 6.26 Å². The molecule has 118 valence electrons. The van der Waals surface area contributed by atoms with Crippen LogP contribution in [-0.4, -0.2) is 24.6 Å². The number of aryl methyl sites for hydroxylation is 1. The highest BCUT2D eigenvalue weighted by Crippen LogP contribution is 2.28. The highest BCUT2D eigenvalue weighted by Gasteiger charge is 2.14. The van der Waals surface area contributed by atoms with Crippen LogP contribution < -0.4 is 0 Å². The van der Waals surface area contributed by atoms with E-state index in [9.17, 15) is 17.2 Å². The van der Waals surface area contributed by atoms with Crippen LogP contribution in [0.25, 0.3) is 22.2 Å². The molecule has 0 aliphatic carbocycles. The summed E-state index contributed by atoms with van der Waals surface area (Å²) in [6, 6.07) is 4.93. The predicted octanol–water partition coefficient (Wildman–Crippen LogP) is 3.29. The number of halogens is 2. The maximum Gasteiger partial charge on any atom is 0.177 e. The first-order valence-electron chi connectivity index (χ1n) is 6.67. The Morgan fingerprint density at radius 3 is 2.48 bits per heavy atom. The molecular weight excluding hydrogens is 322 g/mol. The number of aromatic nitrogens is 2. The average Bonchev–Trinajstić information content (AvgIpc) is 2.47. The molecule has 0 saturated heterocycles. The molecule has 0 unspecified atom stereocenters. The van der Waals surface area contributed by atoms with Gasteiger partial charge < -0.3 is 0 Å². The quantitative estimate of drug-likeness (QED) is 0.721. The van der Waals surface area contributed by atoms with Gasteiger partial charge in [0.15, 0.2) is 9.84 Å². The van der Waals surface area contributed by atoms with E-state index in [1.54, 1.807) is 13.0 Å². The number of sulfone groups is 1. The van der Waals surface area contributed by atoms with Crippen molar-refractivity contribution in [1.82, 2.24) is 9.97 Å². The summed E-state index contributed by atoms with van der Waals surface area (Å²) in [5.74, 6) is -1.41. The molecule has 0 N–H and O–H groups in total. The van der Waals surface area contributed by atoms with Crippen molar-refractivity contribution in [3.8, 4) is 11.3 Å². The lowest BCUT2D eigenvalue weighted by Crippen LogP contribution is -1.99. The second-order valence-corrected chi connectivity index (χ2v) is 7.31. The van der Waals surface area contributed by atoms with Gasteiger partial charge in [0.25, 0.3) is 0 Å². The Balaban J connectivity index is 2.26. The first kappa shape index (κ1) is 15.5. The highest BCUT2D eigenvalue weighted by molar-refractivity contribution is 7.90. The van der Waals surface area contributed by atoms with Gasteiger partial charge in [0.2, 0.25) is 0 Å². The minimum absolute atomic E-state index is 0.0571. The van der Waals surface area contributed by atoms with Crippen LogP contribution in [0.4, 0.5) is 8.78 Å². The number of hydrogen-bond acceptors (Lipinski definition) is 4. The SMILES string of the molecule is Cc1cc2c(F)cc(F)cc2nc1-c1cncc(S(C)(=O)=O)c1. The summed E-state index contributed by atoms with van der Waals surface area (Å²) < 4.78 is 50.5. The molecule has 0 radical (unpaired) electrons. The first-order chi connectivity index (χ1) is 10.8. The topological polar surface area (TPSA) is 59.9 Å². The first-order valence-corrected chi connectivity index (χ1v) is 8.57. The van der Waals surface area contributed by atoms with Crippen LogP contribution in [0.5, 0.6) is 0 Å². The Morgan fingerprint density at radius 2 is 1.78 bits per heavy atom. The minimum Gasteiger partial charge on any atom is -0.263 e. The molecular formula is C16H12F2N2O2S. The van der Waals surface area contributed by atoms with Gasteiger partial charge in [-0.15, -0.1) is 0 Å². The zero-order valence-corrected chi connectivity index (χ0v) is 13.2. The van der Waals surface area contributed by atoms with Crippen molar-refractivity contribution in [2.24, 2.45) is 0 Å². The standard InChI is InChI=1S/C16H12F2N2O2S/c1-9-3-13-14(18)5-11(17)6-15(13)20-16(9)10-4-12(8-19-7-10)23(2,21)22/h3-8H,1-2H3. The van der Waals surface area contributed by atoms with E-state index < -0.39 is 21.5 Å². The van der Waals surface area contributed by atoms with Crippen LogP contribution >= 0.6 is 0 Å². The van der Waals surface area contributed by atoms with Crippen LogP contribution in [0.15, 0.2) is 41.6 Å². The van der Waals surface area contributed by atoms with Gasteiger partial charge in [0.05, 0.1) is 16.1 Å². The number of pyridine rings is 2. The molecule has 0 saturated carbocycles. The third kappa shape index (κ3) is 2.92. The average molecular weight is 334 g/mol. The summed E-state index contributed by atoms with van der Waals surface area (Å²) in [6.07, 6.45) is 3.79. The number of nitrogens with zero attached hydrogens (tertiary/aromatic N) is 2. The fourth-order valence-electron chi connectivity index (χ4n) is 2.34. The molecule has 0 amide bonds. The number of rotatable bonds is 2. The van der Waals surface area contributed by atoms with Gasteiger partial charge in [-0.05, 0) is 24.6 Å². The Hall–Kier alpha value is -2.41. The third-order valence-corrected chi connectivity index (χ3v) is 4.53. The van der Waals surface area contributed by atoms with Crippen LogP contribution in [0.3, 0.4) is 0 Å². The van der Waals surface area contributed by atoms with E-state index in [2.05, 4.69) is 9.97 Å². The summed E-state index contributed by atoms with van der Waals surface area (Å²) in [7, 11) is -3.41. The maximum atomic E-state index is 13.8. The molecule has 3 rings (SSSR count). The smallest absolute Gasteiger partial charge is 0.177 e. The van der Waals surface area contributed by atoms with Crippen molar-refractivity contribution in [3.05, 3.63) is 53.9 Å². The Kier molecular flexibility index (Phi) is 3.60. The Morgan fingerprint density at radius 1 is 1.04 bits per heavy atom. The molecule has 1 aromatic carbocycles. The van der Waals surface area contributed by atoms with Gasteiger partial charge in [0, 0.05) is 41.7 Å². The van der Waals surface area contributed by atoms with E-state index in [1.807, 2.05) is 0 Å². The summed E-state index contributed by atoms with van der Waals surface area (Å²) in [4.78, 5) is 8.25. The van der Waals surface area contributed by atoms with Crippen molar-refractivity contribution in [3.63, 3.8) is 0 Å². The zero-order valence-electron chi connectivity index (χ0n) is 12.3. The summed E-state index contributed by atoms with van der Waals surface area (Å²) in [5, 5.41) is 0.208. The molecule has 7 heteroatoms. The molecule has 0 bridgehead atoms. The fourth-order valence-corrected chi connectivity index (χ4v) is 2.94. The van der Waals surface area contributed by atoms with Gasteiger partial charge in [-0.25, -0.2) is 22.2 Å². The number of fused-ring (bicyclic) bond motifs is 1. The lowest BCUT2D eigenvalue weighted by molar-refractivity contribution is 0.591. The maximum absolute atomic E-state index is 13.8. The zero-order chi connectivity index (χ0) is 16.8. The van der Waals surface area contributed by atoms with Crippen molar-refractivity contribution < 1.29 is 17.2 Å². The second-order valence-electron chi connectivity index (χ2n) is 5.29. The molecule has 23 heavy (non-hydrogen) atoms. The van der Waals surface area contributed by atoms with Crippen LogP contribution in [0.2, 0.25) is 0 Å². The van der Waals surface area contributed by atoms with E-state index in [1.165, 1.54) is 18.5 Å². The molecule has 2 heterocycles. The molecule has 0 spiro atoms. The number of hydrogen-bond donors (Lipinski definition) is 0. The van der Waals surface area contributed by atoms with Gasteiger partial charge in [-0.2, -0.15) is 0 Å². The van der Waals surface area contributed by atoms with Gasteiger partial charge in [0.1, 0.15) is 11.6 Å². The second kappa shape index (κ2) is 5.34. The normalized spacial score (nSPS) is 11.8. The van der Waals surface area contributed by atoms with E-state index in [-0.39, 0.29) is 15.8 Å². The van der Waals surface area contributed by atoms with E-state index in [0.717, 1.165) is 18.4 Å².